The first-order valence-electron chi connectivity index (χ1n) is 6.41. The van der Waals surface area contributed by atoms with Crippen LogP contribution in [0, 0.1) is 0 Å². The Morgan fingerprint density at radius 3 is 2.41 bits per heavy atom. The fourth-order valence-corrected chi connectivity index (χ4v) is 1.89. The Morgan fingerprint density at radius 2 is 1.82 bits per heavy atom. The minimum atomic E-state index is -0.0398. The van der Waals surface area contributed by atoms with E-state index in [1.807, 2.05) is 18.7 Å². The molecule has 1 fully saturated rings. The van der Waals surface area contributed by atoms with Gasteiger partial charge >= 0.3 is 6.03 Å². The molecule has 0 aromatic carbocycles. The van der Waals surface area contributed by atoms with E-state index >= 15 is 0 Å². The van der Waals surface area contributed by atoms with E-state index in [-0.39, 0.29) is 18.0 Å². The average Bonchev–Trinajstić information content (AvgIpc) is 2.29. The van der Waals surface area contributed by atoms with Gasteiger partial charge in [0, 0.05) is 32.1 Å². The van der Waals surface area contributed by atoms with Crippen molar-refractivity contribution < 1.29 is 9.59 Å². The van der Waals surface area contributed by atoms with Crippen molar-refractivity contribution in [2.45, 2.75) is 45.6 Å². The van der Waals surface area contributed by atoms with Gasteiger partial charge in [0.25, 0.3) is 0 Å². The minimum absolute atomic E-state index is 0.0149. The first kappa shape index (κ1) is 13.8. The summed E-state index contributed by atoms with van der Waals surface area (Å²) in [4.78, 5) is 24.8. The smallest absolute Gasteiger partial charge is 0.317 e. The highest BCUT2D eigenvalue weighted by molar-refractivity contribution is 5.78. The number of carbonyl (C=O) groups excluding carboxylic acids is 2. The molecule has 2 N–H and O–H groups in total. The molecule has 0 unspecified atom stereocenters. The van der Waals surface area contributed by atoms with Crippen molar-refractivity contribution in [1.29, 1.82) is 0 Å². The summed E-state index contributed by atoms with van der Waals surface area (Å²) in [6.07, 6.45) is 3.72. The summed E-state index contributed by atoms with van der Waals surface area (Å²) in [5.41, 5.74) is 0. The van der Waals surface area contributed by atoms with Crippen molar-refractivity contribution in [2.24, 2.45) is 0 Å². The number of rotatable bonds is 4. The van der Waals surface area contributed by atoms with Gasteiger partial charge in [-0.05, 0) is 33.1 Å². The van der Waals surface area contributed by atoms with Crippen LogP contribution in [0.1, 0.15) is 39.5 Å². The summed E-state index contributed by atoms with van der Waals surface area (Å²) in [6, 6.07) is 0.113. The van der Waals surface area contributed by atoms with Gasteiger partial charge in [-0.25, -0.2) is 4.79 Å². The topological polar surface area (TPSA) is 61.4 Å². The number of likely N-dealkylation sites (tertiary alicyclic amines) is 1. The molecule has 0 aromatic rings. The number of amides is 3. The maximum absolute atomic E-state index is 11.7. The van der Waals surface area contributed by atoms with Crippen molar-refractivity contribution >= 4 is 11.9 Å². The van der Waals surface area contributed by atoms with Crippen molar-refractivity contribution in [2.75, 3.05) is 19.6 Å². The third-order valence-corrected chi connectivity index (χ3v) is 2.72. The maximum Gasteiger partial charge on any atom is 0.317 e. The van der Waals surface area contributed by atoms with Gasteiger partial charge in [0.1, 0.15) is 0 Å². The molecule has 0 aliphatic carbocycles. The van der Waals surface area contributed by atoms with E-state index in [1.54, 1.807) is 0 Å². The van der Waals surface area contributed by atoms with Crippen molar-refractivity contribution in [3.8, 4) is 0 Å². The van der Waals surface area contributed by atoms with Crippen LogP contribution in [0.15, 0.2) is 0 Å². The van der Waals surface area contributed by atoms with Gasteiger partial charge < -0.3 is 15.5 Å². The van der Waals surface area contributed by atoms with E-state index in [0.29, 0.717) is 13.0 Å². The van der Waals surface area contributed by atoms with Crippen LogP contribution < -0.4 is 10.6 Å². The molecule has 0 saturated carbocycles. The second-order valence-corrected chi connectivity index (χ2v) is 4.75. The Morgan fingerprint density at radius 1 is 1.18 bits per heavy atom. The Bertz CT molecular complexity index is 260. The van der Waals surface area contributed by atoms with E-state index in [2.05, 4.69) is 10.6 Å². The quantitative estimate of drug-likeness (QED) is 0.774. The minimum Gasteiger partial charge on any atom is -0.354 e. The summed E-state index contributed by atoms with van der Waals surface area (Å²) in [6.45, 7) is 5.93. The first-order valence-corrected chi connectivity index (χ1v) is 6.41. The van der Waals surface area contributed by atoms with Crippen LogP contribution in [-0.2, 0) is 4.79 Å². The van der Waals surface area contributed by atoms with Gasteiger partial charge in [0.2, 0.25) is 5.91 Å². The van der Waals surface area contributed by atoms with Gasteiger partial charge in [0.15, 0.2) is 0 Å². The molecule has 98 valence electrons. The third kappa shape index (κ3) is 5.56. The predicted octanol–water partition coefficient (Wildman–Crippen LogP) is 1.10. The molecule has 1 aliphatic rings. The Balaban J connectivity index is 2.13. The lowest BCUT2D eigenvalue weighted by atomic mass is 10.1. The summed E-state index contributed by atoms with van der Waals surface area (Å²) in [5, 5.41) is 5.57. The molecular formula is C12H23N3O2. The van der Waals surface area contributed by atoms with Gasteiger partial charge in [-0.15, -0.1) is 0 Å². The fourth-order valence-electron chi connectivity index (χ4n) is 1.89. The zero-order valence-electron chi connectivity index (χ0n) is 10.8. The highest BCUT2D eigenvalue weighted by atomic mass is 16.2. The summed E-state index contributed by atoms with van der Waals surface area (Å²) in [5.74, 6) is -0.0149. The zero-order valence-corrected chi connectivity index (χ0v) is 10.8. The monoisotopic (exact) mass is 241 g/mol. The molecule has 1 aliphatic heterocycles. The maximum atomic E-state index is 11.7. The molecule has 5 nitrogen and oxygen atoms in total. The standard InChI is InChI=1S/C12H23N3O2/c1-10(2)14-11(16)6-7-13-12(17)15-8-4-3-5-9-15/h10H,3-9H2,1-2H3,(H,13,17)(H,14,16). The molecule has 17 heavy (non-hydrogen) atoms. The lowest BCUT2D eigenvalue weighted by Gasteiger charge is -2.26. The second-order valence-electron chi connectivity index (χ2n) is 4.75. The van der Waals surface area contributed by atoms with Crippen LogP contribution in [-0.4, -0.2) is 42.5 Å². The number of piperidine rings is 1. The summed E-state index contributed by atoms with van der Waals surface area (Å²) >= 11 is 0. The molecule has 1 heterocycles. The number of hydrogen-bond donors (Lipinski definition) is 2. The van der Waals surface area contributed by atoms with E-state index in [9.17, 15) is 9.59 Å². The SMILES string of the molecule is CC(C)NC(=O)CCNC(=O)N1CCCCC1. The Hall–Kier alpha value is -1.26. The molecule has 5 heteroatoms. The van der Waals surface area contributed by atoms with Crippen molar-refractivity contribution in [3.63, 3.8) is 0 Å². The third-order valence-electron chi connectivity index (χ3n) is 2.72. The number of nitrogens with zero attached hydrogens (tertiary/aromatic N) is 1. The van der Waals surface area contributed by atoms with E-state index < -0.39 is 0 Å². The fraction of sp³-hybridized carbons (Fsp3) is 0.833. The number of carbonyl (C=O) groups is 2. The van der Waals surface area contributed by atoms with E-state index in [4.69, 9.17) is 0 Å². The summed E-state index contributed by atoms with van der Waals surface area (Å²) < 4.78 is 0. The predicted molar refractivity (Wildman–Crippen MR) is 66.7 cm³/mol. The van der Waals surface area contributed by atoms with Crippen molar-refractivity contribution in [1.82, 2.24) is 15.5 Å². The molecule has 1 rings (SSSR count). The lowest BCUT2D eigenvalue weighted by molar-refractivity contribution is -0.121. The molecule has 3 amide bonds. The Labute approximate surface area is 103 Å². The zero-order chi connectivity index (χ0) is 12.7. The van der Waals surface area contributed by atoms with Crippen molar-refractivity contribution in [3.05, 3.63) is 0 Å². The number of urea groups is 1. The van der Waals surface area contributed by atoms with E-state index in [0.717, 1.165) is 25.9 Å². The first-order chi connectivity index (χ1) is 8.09. The molecule has 0 spiro atoms. The summed E-state index contributed by atoms with van der Waals surface area (Å²) in [7, 11) is 0. The van der Waals surface area contributed by atoms with Gasteiger partial charge in [-0.2, -0.15) is 0 Å². The van der Waals surface area contributed by atoms with Crippen LogP contribution >= 0.6 is 0 Å². The average molecular weight is 241 g/mol. The number of nitrogens with one attached hydrogen (secondary N) is 2. The van der Waals surface area contributed by atoms with Gasteiger partial charge in [-0.1, -0.05) is 0 Å². The highest BCUT2D eigenvalue weighted by Crippen LogP contribution is 2.08. The van der Waals surface area contributed by atoms with Crippen LogP contribution in [0.25, 0.3) is 0 Å². The van der Waals surface area contributed by atoms with Gasteiger partial charge in [-0.3, -0.25) is 4.79 Å². The molecule has 0 radical (unpaired) electrons. The second kappa shape index (κ2) is 7.14. The highest BCUT2D eigenvalue weighted by Gasteiger charge is 2.15. The molecule has 0 atom stereocenters. The molecular weight excluding hydrogens is 218 g/mol. The van der Waals surface area contributed by atoms with Crippen LogP contribution in [0.3, 0.4) is 0 Å². The molecule has 0 bridgehead atoms. The normalized spacial score (nSPS) is 15.8. The van der Waals surface area contributed by atoms with E-state index in [1.165, 1.54) is 6.42 Å². The molecule has 1 saturated heterocycles. The van der Waals surface area contributed by atoms with Crippen LogP contribution in [0.4, 0.5) is 4.79 Å². The Kier molecular flexibility index (Phi) is 5.80. The molecule has 0 aromatic heterocycles. The number of hydrogen-bond acceptors (Lipinski definition) is 2. The van der Waals surface area contributed by atoms with Crippen LogP contribution in [0.5, 0.6) is 0 Å². The van der Waals surface area contributed by atoms with Gasteiger partial charge in [0.05, 0.1) is 0 Å². The van der Waals surface area contributed by atoms with Crippen LogP contribution in [0.2, 0.25) is 0 Å². The largest absolute Gasteiger partial charge is 0.354 e. The lowest BCUT2D eigenvalue weighted by Crippen LogP contribution is -2.44.